The summed E-state index contributed by atoms with van der Waals surface area (Å²) in [5, 5.41) is 9.00. The molecule has 3 aromatic rings. The number of aryl methyl sites for hydroxylation is 1. The van der Waals surface area contributed by atoms with Crippen molar-refractivity contribution in [1.29, 1.82) is 0 Å². The van der Waals surface area contributed by atoms with Gasteiger partial charge in [0.25, 0.3) is 0 Å². The number of rotatable bonds is 8. The maximum Gasteiger partial charge on any atom is 0.182 e. The van der Waals surface area contributed by atoms with E-state index in [0.29, 0.717) is 45.0 Å². The van der Waals surface area contributed by atoms with Crippen molar-refractivity contribution in [1.82, 2.24) is 9.97 Å². The normalized spacial score (nSPS) is 14.5. The number of aliphatic hydroxyl groups excluding tert-OH is 1. The van der Waals surface area contributed by atoms with E-state index in [0.717, 1.165) is 22.4 Å². The Balaban J connectivity index is 1.71. The van der Waals surface area contributed by atoms with Gasteiger partial charge in [-0.25, -0.2) is 18.4 Å². The number of morpholine rings is 1. The molecule has 1 aromatic heterocycles. The number of aromatic nitrogens is 2. The Morgan fingerprint density at radius 1 is 0.969 bits per heavy atom. The van der Waals surface area contributed by atoms with Crippen LogP contribution in [0, 0.1) is 0 Å². The number of sulfone groups is 1. The van der Waals surface area contributed by atoms with Crippen LogP contribution in [0.15, 0.2) is 65.8 Å². The van der Waals surface area contributed by atoms with Gasteiger partial charge in [-0.1, -0.05) is 30.3 Å². The molecule has 2 heterocycles. The molecule has 0 atom stereocenters. The highest BCUT2D eigenvalue weighted by Crippen LogP contribution is 2.30. The summed E-state index contributed by atoms with van der Waals surface area (Å²) >= 11 is 0. The van der Waals surface area contributed by atoms with Crippen LogP contribution in [0.4, 0.5) is 5.69 Å². The molecule has 0 amide bonds. The van der Waals surface area contributed by atoms with Gasteiger partial charge in [0.1, 0.15) is 5.82 Å². The zero-order chi connectivity index (χ0) is 22.4. The molecular formula is C24H27N3O4S. The lowest BCUT2D eigenvalue weighted by Crippen LogP contribution is -2.36. The van der Waals surface area contributed by atoms with E-state index in [1.165, 1.54) is 0 Å². The average molecular weight is 454 g/mol. The van der Waals surface area contributed by atoms with Crippen molar-refractivity contribution >= 4 is 15.5 Å². The molecule has 8 heteroatoms. The summed E-state index contributed by atoms with van der Waals surface area (Å²) in [6.45, 7) is 2.73. The molecule has 1 N–H and O–H groups in total. The first kappa shape index (κ1) is 22.4. The van der Waals surface area contributed by atoms with Gasteiger partial charge in [-0.3, -0.25) is 0 Å². The lowest BCUT2D eigenvalue weighted by molar-refractivity contribution is 0.122. The summed E-state index contributed by atoms with van der Waals surface area (Å²) in [4.78, 5) is 11.2. The minimum absolute atomic E-state index is 0.0591. The minimum atomic E-state index is -3.55. The second-order valence-corrected chi connectivity index (χ2v) is 9.76. The zero-order valence-corrected chi connectivity index (χ0v) is 18.7. The number of hydrogen-bond acceptors (Lipinski definition) is 7. The highest BCUT2D eigenvalue weighted by atomic mass is 32.2. The molecule has 0 saturated carbocycles. The van der Waals surface area contributed by atoms with Gasteiger partial charge in [0.15, 0.2) is 9.84 Å². The SMILES string of the molecule is O=S(=O)(Cc1ccccc1)c1cc(-c2cnc(CCCO)nc2)cc(N2CCOCC2)c1. The summed E-state index contributed by atoms with van der Waals surface area (Å²) in [6, 6.07) is 14.6. The number of hydrogen-bond donors (Lipinski definition) is 1. The molecule has 7 nitrogen and oxygen atoms in total. The van der Waals surface area contributed by atoms with E-state index in [4.69, 9.17) is 9.84 Å². The number of aliphatic hydroxyl groups is 1. The van der Waals surface area contributed by atoms with Crippen LogP contribution in [-0.4, -0.2) is 56.4 Å². The van der Waals surface area contributed by atoms with Gasteiger partial charge in [0, 0.05) is 49.8 Å². The fraction of sp³-hybridized carbons (Fsp3) is 0.333. The smallest absolute Gasteiger partial charge is 0.182 e. The van der Waals surface area contributed by atoms with Gasteiger partial charge < -0.3 is 14.7 Å². The predicted molar refractivity (Wildman–Crippen MR) is 123 cm³/mol. The lowest BCUT2D eigenvalue weighted by atomic mass is 10.1. The summed E-state index contributed by atoms with van der Waals surface area (Å²) in [5.41, 5.74) is 3.11. The molecule has 4 rings (SSSR count). The Labute approximate surface area is 188 Å². The Bertz CT molecular complexity index is 1130. The van der Waals surface area contributed by atoms with E-state index in [-0.39, 0.29) is 17.3 Å². The third-order valence-corrected chi connectivity index (χ3v) is 7.09. The number of ether oxygens (including phenoxy) is 1. The molecular weight excluding hydrogens is 426 g/mol. The third kappa shape index (κ3) is 5.51. The summed E-state index contributed by atoms with van der Waals surface area (Å²) in [6.07, 6.45) is 4.63. The van der Waals surface area contributed by atoms with Crippen molar-refractivity contribution < 1.29 is 18.3 Å². The molecule has 1 fully saturated rings. The van der Waals surface area contributed by atoms with Crippen LogP contribution in [0.1, 0.15) is 17.8 Å². The van der Waals surface area contributed by atoms with E-state index in [1.807, 2.05) is 36.4 Å². The van der Waals surface area contributed by atoms with Gasteiger partial charge in [0.05, 0.1) is 23.9 Å². The highest BCUT2D eigenvalue weighted by molar-refractivity contribution is 7.90. The molecule has 1 aliphatic heterocycles. The third-order valence-electron chi connectivity index (χ3n) is 5.42. The maximum absolute atomic E-state index is 13.3. The second kappa shape index (κ2) is 10.2. The van der Waals surface area contributed by atoms with Crippen molar-refractivity contribution in [2.24, 2.45) is 0 Å². The van der Waals surface area contributed by atoms with E-state index >= 15 is 0 Å². The van der Waals surface area contributed by atoms with Crippen LogP contribution in [0.2, 0.25) is 0 Å². The minimum Gasteiger partial charge on any atom is -0.396 e. The van der Waals surface area contributed by atoms with Gasteiger partial charge in [0.2, 0.25) is 0 Å². The fourth-order valence-electron chi connectivity index (χ4n) is 3.68. The predicted octanol–water partition coefficient (Wildman–Crippen LogP) is 2.88. The Morgan fingerprint density at radius 3 is 2.38 bits per heavy atom. The van der Waals surface area contributed by atoms with Crippen LogP contribution in [0.3, 0.4) is 0 Å². The van der Waals surface area contributed by atoms with E-state index < -0.39 is 9.84 Å². The quantitative estimate of drug-likeness (QED) is 0.561. The standard InChI is InChI=1S/C24H27N3O4S/c28-10-4-7-24-25-16-21(17-26-24)20-13-22(27-8-11-31-12-9-27)15-23(14-20)32(29,30)18-19-5-2-1-3-6-19/h1-3,5-6,13-17,28H,4,7-12,18H2. The Kier molecular flexibility index (Phi) is 7.14. The molecule has 32 heavy (non-hydrogen) atoms. The largest absolute Gasteiger partial charge is 0.396 e. The first-order valence-corrected chi connectivity index (χ1v) is 12.4. The molecule has 0 aliphatic carbocycles. The molecule has 0 spiro atoms. The average Bonchev–Trinajstić information content (AvgIpc) is 2.84. The lowest BCUT2D eigenvalue weighted by Gasteiger charge is -2.29. The van der Waals surface area contributed by atoms with Crippen LogP contribution in [0.5, 0.6) is 0 Å². The van der Waals surface area contributed by atoms with Gasteiger partial charge in [-0.2, -0.15) is 0 Å². The number of benzene rings is 2. The number of anilines is 1. The van der Waals surface area contributed by atoms with Gasteiger partial charge in [-0.15, -0.1) is 0 Å². The first-order chi connectivity index (χ1) is 15.5. The summed E-state index contributed by atoms with van der Waals surface area (Å²) in [5.74, 6) is 0.597. The molecule has 0 bridgehead atoms. The molecule has 1 aliphatic rings. The summed E-state index contributed by atoms with van der Waals surface area (Å²) in [7, 11) is -3.55. The molecule has 2 aromatic carbocycles. The zero-order valence-electron chi connectivity index (χ0n) is 17.9. The van der Waals surface area contributed by atoms with Gasteiger partial charge >= 0.3 is 0 Å². The van der Waals surface area contributed by atoms with Crippen LogP contribution < -0.4 is 4.90 Å². The molecule has 0 unspecified atom stereocenters. The molecule has 168 valence electrons. The van der Waals surface area contributed by atoms with Crippen molar-refractivity contribution in [2.75, 3.05) is 37.8 Å². The van der Waals surface area contributed by atoms with Crippen molar-refractivity contribution in [2.45, 2.75) is 23.5 Å². The van der Waals surface area contributed by atoms with Gasteiger partial charge in [-0.05, 0) is 35.7 Å². The highest BCUT2D eigenvalue weighted by Gasteiger charge is 2.20. The molecule has 1 saturated heterocycles. The van der Waals surface area contributed by atoms with E-state index in [1.54, 1.807) is 24.5 Å². The second-order valence-electron chi connectivity index (χ2n) is 7.77. The summed E-state index contributed by atoms with van der Waals surface area (Å²) < 4.78 is 32.0. The first-order valence-electron chi connectivity index (χ1n) is 10.7. The van der Waals surface area contributed by atoms with E-state index in [2.05, 4.69) is 14.9 Å². The fourth-order valence-corrected chi connectivity index (χ4v) is 5.09. The Hall–Kier alpha value is -2.81. The number of nitrogens with zero attached hydrogens (tertiary/aromatic N) is 3. The van der Waals surface area contributed by atoms with Crippen LogP contribution >= 0.6 is 0 Å². The Morgan fingerprint density at radius 2 is 1.69 bits per heavy atom. The maximum atomic E-state index is 13.3. The van der Waals surface area contributed by atoms with Crippen molar-refractivity contribution in [3.63, 3.8) is 0 Å². The molecule has 0 radical (unpaired) electrons. The van der Waals surface area contributed by atoms with Crippen molar-refractivity contribution in [3.05, 3.63) is 72.3 Å². The van der Waals surface area contributed by atoms with Crippen LogP contribution in [-0.2, 0) is 26.7 Å². The topological polar surface area (TPSA) is 92.6 Å². The monoisotopic (exact) mass is 453 g/mol. The van der Waals surface area contributed by atoms with E-state index in [9.17, 15) is 8.42 Å². The van der Waals surface area contributed by atoms with Crippen LogP contribution in [0.25, 0.3) is 11.1 Å². The van der Waals surface area contributed by atoms with Crippen molar-refractivity contribution in [3.8, 4) is 11.1 Å².